The minimum absolute atomic E-state index is 0.0258. The molecule has 2 atom stereocenters. The van der Waals surface area contributed by atoms with Crippen LogP contribution in [-0.4, -0.2) is 39.9 Å². The van der Waals surface area contributed by atoms with E-state index in [0.29, 0.717) is 13.0 Å². The molecule has 2 amide bonds. The third-order valence-electron chi connectivity index (χ3n) is 4.88. The van der Waals surface area contributed by atoms with Crippen molar-refractivity contribution in [3.8, 4) is 0 Å². The van der Waals surface area contributed by atoms with Crippen molar-refractivity contribution < 1.29 is 9.59 Å². The molecule has 4 nitrogen and oxygen atoms in total. The Morgan fingerprint density at radius 3 is 3.10 bits per heavy atom. The van der Waals surface area contributed by atoms with Crippen LogP contribution in [0.25, 0.3) is 0 Å². The van der Waals surface area contributed by atoms with Gasteiger partial charge in [0.25, 0.3) is 0 Å². The molecular weight excluding hydrogens is 284 g/mol. The molecule has 0 aromatic rings. The predicted molar refractivity (Wildman–Crippen MR) is 84.9 cm³/mol. The molecule has 2 heterocycles. The molecule has 2 fully saturated rings. The Bertz CT molecular complexity index is 477. The van der Waals surface area contributed by atoms with E-state index in [1.165, 1.54) is 31.3 Å². The Kier molecular flexibility index (Phi) is 4.29. The number of amides is 2. The highest BCUT2D eigenvalue weighted by molar-refractivity contribution is 8.01. The monoisotopic (exact) mass is 308 g/mol. The van der Waals surface area contributed by atoms with Crippen LogP contribution in [0.4, 0.5) is 0 Å². The number of fused-ring (bicyclic) bond motifs is 1. The molecule has 2 aliphatic heterocycles. The Labute approximate surface area is 130 Å². The molecule has 0 aromatic heterocycles. The molecule has 0 unspecified atom stereocenters. The lowest BCUT2D eigenvalue weighted by molar-refractivity contribution is -0.137. The first kappa shape index (κ1) is 14.9. The zero-order chi connectivity index (χ0) is 14.9. The molecule has 3 rings (SSSR count). The molecule has 0 bridgehead atoms. The maximum absolute atomic E-state index is 12.4. The number of carbonyl (C=O) groups excluding carboxylic acids is 2. The van der Waals surface area contributed by atoms with Crippen LogP contribution in [0.3, 0.4) is 0 Å². The summed E-state index contributed by atoms with van der Waals surface area (Å²) in [6.45, 7) is 2.78. The minimum atomic E-state index is -0.268. The molecule has 2 saturated heterocycles. The maximum atomic E-state index is 12.4. The summed E-state index contributed by atoms with van der Waals surface area (Å²) < 4.78 is 0. The lowest BCUT2D eigenvalue weighted by atomic mass is 9.97. The molecule has 116 valence electrons. The number of rotatable bonds is 4. The lowest BCUT2D eigenvalue weighted by Gasteiger charge is -2.29. The van der Waals surface area contributed by atoms with E-state index in [-0.39, 0.29) is 22.7 Å². The second-order valence-corrected chi connectivity index (χ2v) is 7.92. The van der Waals surface area contributed by atoms with E-state index in [1.54, 1.807) is 11.8 Å². The van der Waals surface area contributed by atoms with Crippen LogP contribution in [0.2, 0.25) is 0 Å². The third-order valence-corrected chi connectivity index (χ3v) is 6.38. The summed E-state index contributed by atoms with van der Waals surface area (Å²) in [5, 5.41) is 3.04. The minimum Gasteiger partial charge on any atom is -0.354 e. The van der Waals surface area contributed by atoms with Crippen molar-refractivity contribution in [2.45, 2.75) is 62.8 Å². The van der Waals surface area contributed by atoms with E-state index in [2.05, 4.69) is 18.3 Å². The number of hydrogen-bond donors (Lipinski definition) is 1. The van der Waals surface area contributed by atoms with Gasteiger partial charge in [-0.15, -0.1) is 11.8 Å². The van der Waals surface area contributed by atoms with Crippen LogP contribution < -0.4 is 5.32 Å². The maximum Gasteiger partial charge on any atom is 0.243 e. The van der Waals surface area contributed by atoms with Gasteiger partial charge < -0.3 is 10.2 Å². The van der Waals surface area contributed by atoms with Crippen molar-refractivity contribution >= 4 is 23.6 Å². The van der Waals surface area contributed by atoms with E-state index in [9.17, 15) is 9.59 Å². The molecule has 1 N–H and O–H groups in total. The van der Waals surface area contributed by atoms with Crippen LogP contribution in [-0.2, 0) is 9.59 Å². The summed E-state index contributed by atoms with van der Waals surface area (Å²) >= 11 is 1.75. The van der Waals surface area contributed by atoms with Crippen molar-refractivity contribution in [1.82, 2.24) is 10.2 Å². The van der Waals surface area contributed by atoms with Gasteiger partial charge >= 0.3 is 0 Å². The Morgan fingerprint density at radius 2 is 2.33 bits per heavy atom. The lowest BCUT2D eigenvalue weighted by Crippen LogP contribution is -2.50. The molecular formula is C16H24N2O2S. The van der Waals surface area contributed by atoms with Crippen molar-refractivity contribution in [3.63, 3.8) is 0 Å². The first-order chi connectivity index (χ1) is 10.1. The Hall–Kier alpha value is -0.970. The molecule has 1 aliphatic carbocycles. The number of nitrogens with zero attached hydrogens (tertiary/aromatic N) is 1. The van der Waals surface area contributed by atoms with Gasteiger partial charge in [-0.1, -0.05) is 11.6 Å². The number of nitrogens with one attached hydrogen (secondary N) is 1. The van der Waals surface area contributed by atoms with Gasteiger partial charge in [-0.3, -0.25) is 9.59 Å². The van der Waals surface area contributed by atoms with Crippen molar-refractivity contribution in [1.29, 1.82) is 0 Å². The molecule has 0 aromatic carbocycles. The smallest absolute Gasteiger partial charge is 0.243 e. The first-order valence-electron chi connectivity index (χ1n) is 8.02. The van der Waals surface area contributed by atoms with Crippen LogP contribution in [0.15, 0.2) is 11.6 Å². The van der Waals surface area contributed by atoms with Gasteiger partial charge in [-0.05, 0) is 45.4 Å². The van der Waals surface area contributed by atoms with Crippen LogP contribution in [0.5, 0.6) is 0 Å². The van der Waals surface area contributed by atoms with E-state index < -0.39 is 0 Å². The van der Waals surface area contributed by atoms with E-state index in [4.69, 9.17) is 0 Å². The van der Waals surface area contributed by atoms with Crippen molar-refractivity contribution in [3.05, 3.63) is 11.6 Å². The quantitative estimate of drug-likeness (QED) is 0.812. The molecule has 0 spiro atoms. The highest BCUT2D eigenvalue weighted by Crippen LogP contribution is 2.47. The van der Waals surface area contributed by atoms with Crippen LogP contribution in [0, 0.1) is 0 Å². The molecule has 21 heavy (non-hydrogen) atoms. The summed E-state index contributed by atoms with van der Waals surface area (Å²) in [5.41, 5.74) is 1.48. The van der Waals surface area contributed by atoms with Gasteiger partial charge in [0.05, 0.1) is 4.87 Å². The van der Waals surface area contributed by atoms with Crippen LogP contribution >= 0.6 is 11.8 Å². The topological polar surface area (TPSA) is 49.4 Å². The van der Waals surface area contributed by atoms with Crippen LogP contribution in [0.1, 0.15) is 51.9 Å². The Morgan fingerprint density at radius 1 is 1.48 bits per heavy atom. The number of hydrogen-bond acceptors (Lipinski definition) is 3. The van der Waals surface area contributed by atoms with Gasteiger partial charge in [0.1, 0.15) is 6.04 Å². The van der Waals surface area contributed by atoms with Crippen molar-refractivity contribution in [2.24, 2.45) is 0 Å². The van der Waals surface area contributed by atoms with E-state index in [1.807, 2.05) is 4.90 Å². The van der Waals surface area contributed by atoms with E-state index >= 15 is 0 Å². The highest BCUT2D eigenvalue weighted by atomic mass is 32.2. The standard InChI is InChI=1S/C16H24N2O2S/c1-16-9-7-14(19)18(16)13(11-21-16)15(20)17-10-8-12-5-3-2-4-6-12/h5,13H,2-4,6-11H2,1H3,(H,17,20)/t13-,16+/m1/s1. The van der Waals surface area contributed by atoms with Gasteiger partial charge in [0.2, 0.25) is 11.8 Å². The second kappa shape index (κ2) is 6.03. The van der Waals surface area contributed by atoms with Gasteiger partial charge in [-0.25, -0.2) is 0 Å². The number of carbonyl (C=O) groups is 2. The fraction of sp³-hybridized carbons (Fsp3) is 0.750. The third kappa shape index (κ3) is 2.98. The first-order valence-corrected chi connectivity index (χ1v) is 9.00. The SMILES string of the molecule is C[C@]12CCC(=O)N1[C@@H](C(=O)NCCC1=CCCCC1)CS2. The molecule has 3 aliphatic rings. The van der Waals surface area contributed by atoms with Gasteiger partial charge in [0.15, 0.2) is 0 Å². The zero-order valence-electron chi connectivity index (χ0n) is 12.7. The highest BCUT2D eigenvalue weighted by Gasteiger charge is 2.52. The summed E-state index contributed by atoms with van der Waals surface area (Å²) in [6, 6.07) is -0.268. The summed E-state index contributed by atoms with van der Waals surface area (Å²) in [6.07, 6.45) is 9.66. The Balaban J connectivity index is 1.51. The van der Waals surface area contributed by atoms with Gasteiger partial charge in [0, 0.05) is 18.7 Å². The molecule has 0 saturated carbocycles. The predicted octanol–water partition coefficient (Wildman–Crippen LogP) is 2.45. The fourth-order valence-electron chi connectivity index (χ4n) is 3.61. The average molecular weight is 308 g/mol. The molecule has 5 heteroatoms. The summed E-state index contributed by atoms with van der Waals surface area (Å²) in [5.74, 6) is 0.895. The number of thioether (sulfide) groups is 1. The largest absolute Gasteiger partial charge is 0.354 e. The van der Waals surface area contributed by atoms with E-state index in [0.717, 1.165) is 18.6 Å². The second-order valence-electron chi connectivity index (χ2n) is 6.41. The fourth-order valence-corrected chi connectivity index (χ4v) is 5.04. The summed E-state index contributed by atoms with van der Waals surface area (Å²) in [7, 11) is 0. The van der Waals surface area contributed by atoms with Crippen molar-refractivity contribution in [2.75, 3.05) is 12.3 Å². The molecule has 0 radical (unpaired) electrons. The normalized spacial score (nSPS) is 32.0. The average Bonchev–Trinajstić information content (AvgIpc) is 2.97. The summed E-state index contributed by atoms with van der Waals surface area (Å²) in [4.78, 5) is 26.1. The number of allylic oxidation sites excluding steroid dienone is 1. The van der Waals surface area contributed by atoms with Gasteiger partial charge in [-0.2, -0.15) is 0 Å². The zero-order valence-corrected chi connectivity index (χ0v) is 13.5.